The molecule has 0 spiro atoms. The van der Waals surface area contributed by atoms with Gasteiger partial charge in [0.05, 0.1) is 21.1 Å². The van der Waals surface area contributed by atoms with Crippen LogP contribution in [0.3, 0.4) is 0 Å². The molecule has 1 aliphatic rings. The number of nitrogens with one attached hydrogen (secondary N) is 1. The van der Waals surface area contributed by atoms with Crippen LogP contribution in [0.5, 0.6) is 0 Å². The number of nitro benzene ring substituents is 1. The van der Waals surface area contributed by atoms with Crippen molar-refractivity contribution in [1.82, 2.24) is 0 Å². The highest BCUT2D eigenvalue weighted by atomic mass is 32.2. The number of carbonyl (C=O) groups excluding carboxylic acids is 1. The van der Waals surface area contributed by atoms with Crippen molar-refractivity contribution in [3.05, 3.63) is 100 Å². The summed E-state index contributed by atoms with van der Waals surface area (Å²) in [6.45, 7) is 0.411. The van der Waals surface area contributed by atoms with Crippen LogP contribution in [-0.2, 0) is 21.2 Å². The second-order valence-electron chi connectivity index (χ2n) is 7.47. The normalized spacial score (nSPS) is 13.5. The van der Waals surface area contributed by atoms with Crippen LogP contribution in [0.15, 0.2) is 83.8 Å². The predicted molar refractivity (Wildman–Crippen MR) is 126 cm³/mol. The van der Waals surface area contributed by atoms with Crippen molar-refractivity contribution in [2.45, 2.75) is 17.7 Å². The number of aryl methyl sites for hydroxylation is 1. The van der Waals surface area contributed by atoms with Gasteiger partial charge in [0.2, 0.25) is 5.91 Å². The molecule has 0 aliphatic carbocycles. The topological polar surface area (TPSA) is 110 Å². The number of fused-ring (bicyclic) bond motifs is 1. The van der Waals surface area contributed by atoms with E-state index in [9.17, 15) is 23.3 Å². The smallest absolute Gasteiger partial charge is 0.276 e. The van der Waals surface area contributed by atoms with Crippen molar-refractivity contribution in [2.24, 2.45) is 0 Å². The number of sulfonamides is 1. The Morgan fingerprint density at radius 3 is 2.45 bits per heavy atom. The molecule has 0 fully saturated rings. The molecule has 168 valence electrons. The van der Waals surface area contributed by atoms with E-state index in [1.54, 1.807) is 18.2 Å². The number of amides is 1. The van der Waals surface area contributed by atoms with Gasteiger partial charge in [0.1, 0.15) is 0 Å². The maximum atomic E-state index is 13.2. The molecule has 1 heterocycles. The fourth-order valence-corrected chi connectivity index (χ4v) is 5.27. The maximum absolute atomic E-state index is 13.2. The molecule has 0 saturated heterocycles. The monoisotopic (exact) mass is 463 g/mol. The summed E-state index contributed by atoms with van der Waals surface area (Å²) in [4.78, 5) is 22.9. The van der Waals surface area contributed by atoms with Gasteiger partial charge >= 0.3 is 0 Å². The van der Waals surface area contributed by atoms with Crippen molar-refractivity contribution in [3.8, 4) is 0 Å². The summed E-state index contributed by atoms with van der Waals surface area (Å²) in [5, 5.41) is 13.7. The molecule has 1 amide bonds. The summed E-state index contributed by atoms with van der Waals surface area (Å²) >= 11 is 0. The van der Waals surface area contributed by atoms with Crippen LogP contribution in [0.1, 0.15) is 17.5 Å². The van der Waals surface area contributed by atoms with Crippen LogP contribution in [0.2, 0.25) is 0 Å². The Hall–Kier alpha value is -3.98. The van der Waals surface area contributed by atoms with E-state index in [0.717, 1.165) is 18.4 Å². The molecule has 1 N–H and O–H groups in total. The molecular formula is C24H21N3O5S. The number of carbonyl (C=O) groups is 1. The van der Waals surface area contributed by atoms with E-state index in [0.29, 0.717) is 23.5 Å². The Kier molecular flexibility index (Phi) is 6.23. The summed E-state index contributed by atoms with van der Waals surface area (Å²) in [6, 6.07) is 19.5. The Bertz CT molecular complexity index is 1330. The van der Waals surface area contributed by atoms with E-state index in [1.807, 2.05) is 24.3 Å². The Morgan fingerprint density at radius 2 is 1.70 bits per heavy atom. The van der Waals surface area contributed by atoms with E-state index < -0.39 is 20.9 Å². The molecule has 3 aromatic rings. The van der Waals surface area contributed by atoms with Gasteiger partial charge in [-0.1, -0.05) is 30.3 Å². The van der Waals surface area contributed by atoms with E-state index in [-0.39, 0.29) is 10.6 Å². The minimum atomic E-state index is -3.74. The first kappa shape index (κ1) is 22.2. The summed E-state index contributed by atoms with van der Waals surface area (Å²) in [6.07, 6.45) is 4.14. The molecule has 0 atom stereocenters. The van der Waals surface area contributed by atoms with Crippen LogP contribution < -0.4 is 9.62 Å². The van der Waals surface area contributed by atoms with Crippen LogP contribution in [-0.4, -0.2) is 25.8 Å². The third-order valence-electron chi connectivity index (χ3n) is 5.33. The minimum Gasteiger partial charge on any atom is -0.323 e. The number of hydrogen-bond donors (Lipinski definition) is 1. The van der Waals surface area contributed by atoms with Gasteiger partial charge in [0.15, 0.2) is 0 Å². The van der Waals surface area contributed by atoms with Gasteiger partial charge in [-0.05, 0) is 60.9 Å². The summed E-state index contributed by atoms with van der Waals surface area (Å²) < 4.78 is 27.8. The average Bonchev–Trinajstić information content (AvgIpc) is 2.83. The van der Waals surface area contributed by atoms with Crippen molar-refractivity contribution in [2.75, 3.05) is 16.2 Å². The van der Waals surface area contributed by atoms with Gasteiger partial charge in [-0.15, -0.1) is 0 Å². The maximum Gasteiger partial charge on any atom is 0.276 e. The number of nitro groups is 1. The first-order chi connectivity index (χ1) is 15.9. The SMILES string of the molecule is O=C(/C=C/c1ccccc1[N+](=O)[O-])Nc1ccc(S(=O)(=O)N2CCCc3ccccc32)cc1. The third kappa shape index (κ3) is 4.78. The van der Waals surface area contributed by atoms with Gasteiger partial charge in [-0.3, -0.25) is 19.2 Å². The standard InChI is InChI=1S/C24H21N3O5S/c28-24(16-11-19-7-2-4-10-23(19)27(29)30)25-20-12-14-21(15-13-20)33(31,32)26-17-5-8-18-6-1-3-9-22(18)26/h1-4,6-7,9-16H,5,8,17H2,(H,25,28)/b16-11+. The first-order valence-electron chi connectivity index (χ1n) is 10.3. The average molecular weight is 464 g/mol. The quantitative estimate of drug-likeness (QED) is 0.331. The molecule has 0 radical (unpaired) electrons. The third-order valence-corrected chi connectivity index (χ3v) is 7.15. The minimum absolute atomic E-state index is 0.101. The number of nitrogens with zero attached hydrogens (tertiary/aromatic N) is 2. The van der Waals surface area contributed by atoms with E-state index in [1.165, 1.54) is 46.8 Å². The molecule has 0 unspecified atom stereocenters. The number of anilines is 2. The highest BCUT2D eigenvalue weighted by Crippen LogP contribution is 2.32. The molecular weight excluding hydrogens is 442 g/mol. The molecule has 1 aliphatic heterocycles. The van der Waals surface area contributed by atoms with E-state index >= 15 is 0 Å². The molecule has 3 aromatic carbocycles. The van der Waals surface area contributed by atoms with Crippen molar-refractivity contribution < 1.29 is 18.1 Å². The predicted octanol–water partition coefficient (Wildman–Crippen LogP) is 4.39. The van der Waals surface area contributed by atoms with E-state index in [4.69, 9.17) is 0 Å². The molecule has 8 nitrogen and oxygen atoms in total. The van der Waals surface area contributed by atoms with Crippen LogP contribution in [0.25, 0.3) is 6.08 Å². The van der Waals surface area contributed by atoms with Crippen LogP contribution in [0.4, 0.5) is 17.1 Å². The molecule has 0 aromatic heterocycles. The molecule has 0 saturated carbocycles. The van der Waals surface area contributed by atoms with Gasteiger partial charge in [0.25, 0.3) is 15.7 Å². The zero-order valence-corrected chi connectivity index (χ0v) is 18.4. The molecule has 9 heteroatoms. The summed E-state index contributed by atoms with van der Waals surface area (Å²) in [5.74, 6) is -0.492. The largest absolute Gasteiger partial charge is 0.323 e. The Labute approximate surface area is 191 Å². The van der Waals surface area contributed by atoms with Gasteiger partial charge in [0, 0.05) is 24.4 Å². The first-order valence-corrected chi connectivity index (χ1v) is 11.7. The van der Waals surface area contributed by atoms with Crippen LogP contribution in [0, 0.1) is 10.1 Å². The molecule has 33 heavy (non-hydrogen) atoms. The zero-order valence-electron chi connectivity index (χ0n) is 17.5. The lowest BCUT2D eigenvalue weighted by Crippen LogP contribution is -2.35. The molecule has 4 rings (SSSR count). The summed E-state index contributed by atoms with van der Waals surface area (Å²) in [7, 11) is -3.74. The fourth-order valence-electron chi connectivity index (χ4n) is 3.73. The Morgan fingerprint density at radius 1 is 1.00 bits per heavy atom. The highest BCUT2D eigenvalue weighted by molar-refractivity contribution is 7.92. The number of para-hydroxylation sites is 2. The lowest BCUT2D eigenvalue weighted by Gasteiger charge is -2.30. The Balaban J connectivity index is 1.48. The van der Waals surface area contributed by atoms with Gasteiger partial charge in [-0.2, -0.15) is 0 Å². The second kappa shape index (κ2) is 9.25. The number of hydrogen-bond acceptors (Lipinski definition) is 5. The lowest BCUT2D eigenvalue weighted by atomic mass is 10.0. The van der Waals surface area contributed by atoms with Crippen LogP contribution >= 0.6 is 0 Å². The van der Waals surface area contributed by atoms with Crippen molar-refractivity contribution in [1.29, 1.82) is 0 Å². The summed E-state index contributed by atoms with van der Waals surface area (Å²) in [5.41, 5.74) is 2.31. The second-order valence-corrected chi connectivity index (χ2v) is 9.33. The molecule has 0 bridgehead atoms. The lowest BCUT2D eigenvalue weighted by molar-refractivity contribution is -0.385. The highest BCUT2D eigenvalue weighted by Gasteiger charge is 2.28. The van der Waals surface area contributed by atoms with Gasteiger partial charge in [-0.25, -0.2) is 8.42 Å². The van der Waals surface area contributed by atoms with E-state index in [2.05, 4.69) is 5.32 Å². The number of benzene rings is 3. The zero-order chi connectivity index (χ0) is 23.4. The fraction of sp³-hybridized carbons (Fsp3) is 0.125. The van der Waals surface area contributed by atoms with Gasteiger partial charge < -0.3 is 5.32 Å². The van der Waals surface area contributed by atoms with Crippen molar-refractivity contribution in [3.63, 3.8) is 0 Å². The number of rotatable bonds is 6. The van der Waals surface area contributed by atoms with Crippen molar-refractivity contribution >= 4 is 39.1 Å².